The van der Waals surface area contributed by atoms with Crippen LogP contribution in [0.1, 0.15) is 20.3 Å². The van der Waals surface area contributed by atoms with Gasteiger partial charge in [0, 0.05) is 20.1 Å². The van der Waals surface area contributed by atoms with Gasteiger partial charge in [-0.1, -0.05) is 13.8 Å². The second kappa shape index (κ2) is 8.26. The minimum atomic E-state index is -0.474. The van der Waals surface area contributed by atoms with E-state index in [9.17, 15) is 10.1 Å². The van der Waals surface area contributed by atoms with Crippen molar-refractivity contribution in [2.45, 2.75) is 20.3 Å². The molecule has 0 atom stereocenters. The smallest absolute Gasteiger partial charge is 0.353 e. The molecule has 0 aliphatic heterocycles. The fraction of sp³-hybridized carbons (Fsp3) is 0.667. The number of hydrogen-bond donors (Lipinski definition) is 2. The zero-order valence-corrected chi connectivity index (χ0v) is 12.2. The summed E-state index contributed by atoms with van der Waals surface area (Å²) in [5.74, 6) is 0.468. The predicted octanol–water partition coefficient (Wildman–Crippen LogP) is 1.57. The Morgan fingerprint density at radius 3 is 2.55 bits per heavy atom. The monoisotopic (exact) mass is 282 g/mol. The van der Waals surface area contributed by atoms with E-state index < -0.39 is 4.92 Å². The third-order valence-electron chi connectivity index (χ3n) is 2.95. The first-order valence-electron chi connectivity index (χ1n) is 6.77. The van der Waals surface area contributed by atoms with Gasteiger partial charge in [-0.3, -0.25) is 10.1 Å². The van der Waals surface area contributed by atoms with E-state index in [4.69, 9.17) is 0 Å². The Morgan fingerprint density at radius 1 is 1.30 bits per heavy atom. The molecule has 0 amide bonds. The standard InChI is InChI=1S/C12H22N6O2/c1-4-7-17(5-2)8-6-14-12-10(18(19)20)11(13-3)15-9-16-12/h9H,4-8H2,1-3H3,(H2,13,14,15,16). The molecule has 0 saturated heterocycles. The molecule has 20 heavy (non-hydrogen) atoms. The molecule has 0 spiro atoms. The molecule has 1 rings (SSSR count). The highest BCUT2D eigenvalue weighted by Crippen LogP contribution is 2.27. The Kier molecular flexibility index (Phi) is 6.65. The van der Waals surface area contributed by atoms with Crippen molar-refractivity contribution in [3.8, 4) is 0 Å². The zero-order valence-electron chi connectivity index (χ0n) is 12.2. The quantitative estimate of drug-likeness (QED) is 0.524. The Balaban J connectivity index is 2.70. The average molecular weight is 282 g/mol. The van der Waals surface area contributed by atoms with Crippen LogP contribution in [0.15, 0.2) is 6.33 Å². The van der Waals surface area contributed by atoms with E-state index >= 15 is 0 Å². The highest BCUT2D eigenvalue weighted by Gasteiger charge is 2.21. The molecule has 0 aliphatic rings. The van der Waals surface area contributed by atoms with Gasteiger partial charge >= 0.3 is 5.69 Å². The second-order valence-corrected chi connectivity index (χ2v) is 4.29. The summed E-state index contributed by atoms with van der Waals surface area (Å²) in [5, 5.41) is 16.8. The van der Waals surface area contributed by atoms with Crippen LogP contribution in [0, 0.1) is 10.1 Å². The first-order valence-corrected chi connectivity index (χ1v) is 6.77. The molecule has 1 heterocycles. The predicted molar refractivity (Wildman–Crippen MR) is 79.1 cm³/mol. The summed E-state index contributed by atoms with van der Waals surface area (Å²) >= 11 is 0. The fourth-order valence-electron chi connectivity index (χ4n) is 1.94. The van der Waals surface area contributed by atoms with Gasteiger partial charge in [0.25, 0.3) is 0 Å². The SMILES string of the molecule is CCCN(CC)CCNc1ncnc(NC)c1[N+](=O)[O-]. The lowest BCUT2D eigenvalue weighted by Crippen LogP contribution is -2.29. The highest BCUT2D eigenvalue weighted by molar-refractivity contribution is 5.68. The number of nitrogens with one attached hydrogen (secondary N) is 2. The zero-order chi connectivity index (χ0) is 15.0. The van der Waals surface area contributed by atoms with Crippen LogP contribution in [0.3, 0.4) is 0 Å². The number of anilines is 2. The van der Waals surface area contributed by atoms with Crippen molar-refractivity contribution in [1.82, 2.24) is 14.9 Å². The Morgan fingerprint density at radius 2 is 2.00 bits per heavy atom. The first-order chi connectivity index (χ1) is 9.63. The fourth-order valence-corrected chi connectivity index (χ4v) is 1.94. The number of hydrogen-bond acceptors (Lipinski definition) is 7. The maximum Gasteiger partial charge on any atom is 0.353 e. The normalized spacial score (nSPS) is 10.6. The maximum atomic E-state index is 11.1. The minimum Gasteiger partial charge on any atom is -0.367 e. The molecule has 0 bridgehead atoms. The molecule has 8 nitrogen and oxygen atoms in total. The van der Waals surface area contributed by atoms with Crippen LogP contribution in [0.25, 0.3) is 0 Å². The molecule has 0 fully saturated rings. The van der Waals surface area contributed by atoms with E-state index in [1.165, 1.54) is 6.33 Å². The topological polar surface area (TPSA) is 96.2 Å². The summed E-state index contributed by atoms with van der Waals surface area (Å²) in [5.41, 5.74) is -0.117. The van der Waals surface area contributed by atoms with Crippen molar-refractivity contribution in [2.75, 3.05) is 43.9 Å². The van der Waals surface area contributed by atoms with Crippen LogP contribution >= 0.6 is 0 Å². The average Bonchev–Trinajstić information content (AvgIpc) is 2.45. The third kappa shape index (κ3) is 4.30. The summed E-state index contributed by atoms with van der Waals surface area (Å²) < 4.78 is 0. The number of nitro groups is 1. The van der Waals surface area contributed by atoms with Crippen LogP contribution in [0.2, 0.25) is 0 Å². The van der Waals surface area contributed by atoms with Crippen molar-refractivity contribution in [1.29, 1.82) is 0 Å². The molecule has 1 aromatic rings. The van der Waals surface area contributed by atoms with Crippen LogP contribution in [-0.2, 0) is 0 Å². The van der Waals surface area contributed by atoms with Gasteiger partial charge < -0.3 is 15.5 Å². The minimum absolute atomic E-state index is 0.117. The summed E-state index contributed by atoms with van der Waals surface area (Å²) in [7, 11) is 1.60. The molecule has 0 unspecified atom stereocenters. The van der Waals surface area contributed by atoms with Crippen molar-refractivity contribution in [2.24, 2.45) is 0 Å². The molecule has 2 N–H and O–H groups in total. The second-order valence-electron chi connectivity index (χ2n) is 4.29. The lowest BCUT2D eigenvalue weighted by atomic mass is 10.4. The third-order valence-corrected chi connectivity index (χ3v) is 2.95. The van der Waals surface area contributed by atoms with E-state index in [1.54, 1.807) is 7.05 Å². The van der Waals surface area contributed by atoms with Crippen molar-refractivity contribution >= 4 is 17.3 Å². The van der Waals surface area contributed by atoms with Crippen LogP contribution in [0.4, 0.5) is 17.3 Å². The molecule has 0 aliphatic carbocycles. The molecule has 0 saturated carbocycles. The van der Waals surface area contributed by atoms with Crippen LogP contribution in [-0.4, -0.2) is 53.0 Å². The van der Waals surface area contributed by atoms with Crippen LogP contribution in [0.5, 0.6) is 0 Å². The van der Waals surface area contributed by atoms with Crippen molar-refractivity contribution in [3.05, 3.63) is 16.4 Å². The summed E-state index contributed by atoms with van der Waals surface area (Å²) in [6.45, 7) is 7.64. The molecule has 8 heteroatoms. The lowest BCUT2D eigenvalue weighted by Gasteiger charge is -2.19. The molecular formula is C12H22N6O2. The van der Waals surface area contributed by atoms with E-state index in [-0.39, 0.29) is 17.3 Å². The lowest BCUT2D eigenvalue weighted by molar-refractivity contribution is -0.383. The van der Waals surface area contributed by atoms with E-state index in [2.05, 4.69) is 39.3 Å². The molecule has 112 valence electrons. The number of aromatic nitrogens is 2. The van der Waals surface area contributed by atoms with Gasteiger partial charge in [0.05, 0.1) is 4.92 Å². The summed E-state index contributed by atoms with van der Waals surface area (Å²) in [6.07, 6.45) is 2.40. The van der Waals surface area contributed by atoms with Gasteiger partial charge in [-0.2, -0.15) is 0 Å². The largest absolute Gasteiger partial charge is 0.367 e. The number of likely N-dealkylation sites (N-methyl/N-ethyl adjacent to an activating group) is 1. The maximum absolute atomic E-state index is 11.1. The summed E-state index contributed by atoms with van der Waals surface area (Å²) in [6, 6.07) is 0. The summed E-state index contributed by atoms with van der Waals surface area (Å²) in [4.78, 5) is 20.7. The van der Waals surface area contributed by atoms with E-state index in [0.717, 1.165) is 26.1 Å². The Bertz CT molecular complexity index is 440. The Labute approximate surface area is 118 Å². The van der Waals surface area contributed by atoms with E-state index in [1.807, 2.05) is 0 Å². The molecular weight excluding hydrogens is 260 g/mol. The molecule has 0 aromatic carbocycles. The van der Waals surface area contributed by atoms with E-state index in [0.29, 0.717) is 6.54 Å². The molecule has 1 aromatic heterocycles. The van der Waals surface area contributed by atoms with Crippen molar-refractivity contribution < 1.29 is 4.92 Å². The van der Waals surface area contributed by atoms with Gasteiger partial charge in [0.1, 0.15) is 6.33 Å². The number of nitrogens with zero attached hydrogens (tertiary/aromatic N) is 4. The van der Waals surface area contributed by atoms with Gasteiger partial charge in [-0.25, -0.2) is 9.97 Å². The molecule has 0 radical (unpaired) electrons. The van der Waals surface area contributed by atoms with Gasteiger partial charge in [0.15, 0.2) is 0 Å². The van der Waals surface area contributed by atoms with Gasteiger partial charge in [-0.15, -0.1) is 0 Å². The van der Waals surface area contributed by atoms with Gasteiger partial charge in [0.2, 0.25) is 11.6 Å². The first kappa shape index (κ1) is 16.1. The van der Waals surface area contributed by atoms with Crippen LogP contribution < -0.4 is 10.6 Å². The number of rotatable bonds is 9. The van der Waals surface area contributed by atoms with Crippen molar-refractivity contribution in [3.63, 3.8) is 0 Å². The van der Waals surface area contributed by atoms with Gasteiger partial charge in [-0.05, 0) is 19.5 Å². The Hall–Kier alpha value is -1.96. The highest BCUT2D eigenvalue weighted by atomic mass is 16.6.